The molecule has 7 nitrogen and oxygen atoms in total. The van der Waals surface area contributed by atoms with Crippen LogP contribution in [0.3, 0.4) is 0 Å². The highest BCUT2D eigenvalue weighted by Crippen LogP contribution is 2.23. The van der Waals surface area contributed by atoms with Gasteiger partial charge in [-0.2, -0.15) is 5.10 Å². The Bertz CT molecular complexity index is 897. The lowest BCUT2D eigenvalue weighted by Gasteiger charge is -2.11. The standard InChI is InChI=1S/C17H18N6O/c1-23-10-13(9-21-23)15-5-11-6-16(20-8-12(11)7-19-15)22-17(24)14-3-2-4-18-14/h5-10,14,18H,2-4H2,1H3,(H,20,22,24). The van der Waals surface area contributed by atoms with Crippen LogP contribution in [0.4, 0.5) is 5.82 Å². The largest absolute Gasteiger partial charge is 0.309 e. The zero-order valence-corrected chi connectivity index (χ0v) is 13.4. The number of carbonyl (C=O) groups is 1. The Hall–Kier alpha value is -2.80. The molecule has 1 amide bonds. The van der Waals surface area contributed by atoms with Crippen molar-refractivity contribution in [2.75, 3.05) is 11.9 Å². The number of aromatic nitrogens is 4. The predicted molar refractivity (Wildman–Crippen MR) is 91.4 cm³/mol. The molecule has 7 heteroatoms. The molecule has 0 aliphatic carbocycles. The Kier molecular flexibility index (Phi) is 3.70. The highest BCUT2D eigenvalue weighted by molar-refractivity contribution is 5.96. The molecule has 3 aromatic heterocycles. The summed E-state index contributed by atoms with van der Waals surface area (Å²) in [5.74, 6) is 0.533. The molecular weight excluding hydrogens is 304 g/mol. The topological polar surface area (TPSA) is 84.7 Å². The first-order valence-electron chi connectivity index (χ1n) is 7.98. The molecule has 2 N–H and O–H groups in total. The normalized spacial score (nSPS) is 17.3. The third kappa shape index (κ3) is 2.85. The molecule has 1 atom stereocenters. The molecule has 1 aliphatic heterocycles. The Morgan fingerprint density at radius 2 is 2.12 bits per heavy atom. The number of fused-ring (bicyclic) bond motifs is 1. The van der Waals surface area contributed by atoms with Crippen LogP contribution in [0.1, 0.15) is 12.8 Å². The minimum Gasteiger partial charge on any atom is -0.309 e. The monoisotopic (exact) mass is 322 g/mol. The number of nitrogens with zero attached hydrogens (tertiary/aromatic N) is 4. The van der Waals surface area contributed by atoms with E-state index in [1.54, 1.807) is 23.3 Å². The van der Waals surface area contributed by atoms with Gasteiger partial charge in [-0.3, -0.25) is 14.5 Å². The summed E-state index contributed by atoms with van der Waals surface area (Å²) in [7, 11) is 1.87. The average Bonchev–Trinajstić information content (AvgIpc) is 3.25. The van der Waals surface area contributed by atoms with Crippen LogP contribution in [0, 0.1) is 0 Å². The fourth-order valence-corrected chi connectivity index (χ4v) is 2.94. The van der Waals surface area contributed by atoms with Crippen molar-refractivity contribution >= 4 is 22.5 Å². The Labute approximate surface area is 139 Å². The van der Waals surface area contributed by atoms with Crippen molar-refractivity contribution in [1.29, 1.82) is 0 Å². The number of aryl methyl sites for hydroxylation is 1. The van der Waals surface area contributed by atoms with Crippen LogP contribution in [-0.2, 0) is 11.8 Å². The third-order valence-electron chi connectivity index (χ3n) is 4.23. The lowest BCUT2D eigenvalue weighted by atomic mass is 10.1. The van der Waals surface area contributed by atoms with Crippen molar-refractivity contribution < 1.29 is 4.79 Å². The van der Waals surface area contributed by atoms with Crippen molar-refractivity contribution in [3.8, 4) is 11.3 Å². The first-order chi connectivity index (χ1) is 11.7. The molecule has 0 radical (unpaired) electrons. The van der Waals surface area contributed by atoms with Crippen LogP contribution < -0.4 is 10.6 Å². The molecule has 0 spiro atoms. The van der Waals surface area contributed by atoms with Gasteiger partial charge in [0.15, 0.2) is 0 Å². The van der Waals surface area contributed by atoms with E-state index >= 15 is 0 Å². The summed E-state index contributed by atoms with van der Waals surface area (Å²) in [5, 5.41) is 12.2. The second kappa shape index (κ2) is 6.01. The highest BCUT2D eigenvalue weighted by atomic mass is 16.2. The van der Waals surface area contributed by atoms with E-state index < -0.39 is 0 Å². The lowest BCUT2D eigenvalue weighted by Crippen LogP contribution is -2.35. The lowest BCUT2D eigenvalue weighted by molar-refractivity contribution is -0.117. The molecule has 3 aromatic rings. The van der Waals surface area contributed by atoms with E-state index in [1.807, 2.05) is 25.4 Å². The molecule has 0 bridgehead atoms. The zero-order valence-electron chi connectivity index (χ0n) is 13.4. The number of hydrogen-bond donors (Lipinski definition) is 2. The van der Waals surface area contributed by atoms with Gasteiger partial charge in [0.05, 0.1) is 17.9 Å². The van der Waals surface area contributed by atoms with Crippen molar-refractivity contribution in [1.82, 2.24) is 25.1 Å². The van der Waals surface area contributed by atoms with Gasteiger partial charge in [0.25, 0.3) is 0 Å². The number of nitrogens with one attached hydrogen (secondary N) is 2. The summed E-state index contributed by atoms with van der Waals surface area (Å²) in [6, 6.07) is 3.74. The maximum atomic E-state index is 12.2. The van der Waals surface area contributed by atoms with E-state index in [2.05, 4.69) is 25.7 Å². The fourth-order valence-electron chi connectivity index (χ4n) is 2.94. The van der Waals surface area contributed by atoms with Gasteiger partial charge in [0, 0.05) is 36.6 Å². The first kappa shape index (κ1) is 14.8. The van der Waals surface area contributed by atoms with Gasteiger partial charge in [0.1, 0.15) is 5.82 Å². The van der Waals surface area contributed by atoms with Gasteiger partial charge >= 0.3 is 0 Å². The molecule has 0 saturated carbocycles. The number of pyridine rings is 2. The Balaban J connectivity index is 1.62. The van der Waals surface area contributed by atoms with E-state index in [0.29, 0.717) is 5.82 Å². The summed E-state index contributed by atoms with van der Waals surface area (Å²) < 4.78 is 1.74. The van der Waals surface area contributed by atoms with Gasteiger partial charge in [-0.15, -0.1) is 0 Å². The van der Waals surface area contributed by atoms with Crippen molar-refractivity contribution in [2.45, 2.75) is 18.9 Å². The Morgan fingerprint density at radius 1 is 1.25 bits per heavy atom. The fraction of sp³-hybridized carbons (Fsp3) is 0.294. The van der Waals surface area contributed by atoms with Gasteiger partial charge in [-0.1, -0.05) is 0 Å². The number of amides is 1. The SMILES string of the molecule is Cn1cc(-c2cc3cc(NC(=O)C4CCCN4)ncc3cn2)cn1. The third-order valence-corrected chi connectivity index (χ3v) is 4.23. The van der Waals surface area contributed by atoms with E-state index in [9.17, 15) is 4.79 Å². The first-order valence-corrected chi connectivity index (χ1v) is 7.98. The van der Waals surface area contributed by atoms with Crippen LogP contribution in [0.2, 0.25) is 0 Å². The molecule has 1 unspecified atom stereocenters. The zero-order chi connectivity index (χ0) is 16.5. The molecule has 1 saturated heterocycles. The predicted octanol–water partition coefficient (Wildman–Crippen LogP) is 1.72. The van der Waals surface area contributed by atoms with E-state index in [0.717, 1.165) is 41.4 Å². The van der Waals surface area contributed by atoms with Crippen molar-refractivity contribution in [3.63, 3.8) is 0 Å². The van der Waals surface area contributed by atoms with Crippen LogP contribution >= 0.6 is 0 Å². The number of anilines is 1. The van der Waals surface area contributed by atoms with Crippen LogP contribution in [0.25, 0.3) is 22.0 Å². The quantitative estimate of drug-likeness (QED) is 0.767. The van der Waals surface area contributed by atoms with Crippen LogP contribution in [0.15, 0.2) is 36.9 Å². The maximum Gasteiger partial charge on any atom is 0.242 e. The van der Waals surface area contributed by atoms with Crippen LogP contribution in [-0.4, -0.2) is 38.2 Å². The summed E-state index contributed by atoms with van der Waals surface area (Å²) in [6.45, 7) is 0.892. The number of carbonyl (C=O) groups excluding carboxylic acids is 1. The molecule has 1 fully saturated rings. The molecule has 122 valence electrons. The second-order valence-electron chi connectivity index (χ2n) is 6.03. The maximum absolute atomic E-state index is 12.2. The molecule has 24 heavy (non-hydrogen) atoms. The second-order valence-corrected chi connectivity index (χ2v) is 6.03. The number of rotatable bonds is 3. The molecule has 0 aromatic carbocycles. The van der Waals surface area contributed by atoms with Gasteiger partial charge in [0.2, 0.25) is 5.91 Å². The number of hydrogen-bond acceptors (Lipinski definition) is 5. The average molecular weight is 322 g/mol. The van der Waals surface area contributed by atoms with Gasteiger partial charge in [-0.05, 0) is 36.9 Å². The minimum atomic E-state index is -0.120. The van der Waals surface area contributed by atoms with E-state index in [-0.39, 0.29) is 11.9 Å². The summed E-state index contributed by atoms with van der Waals surface area (Å²) in [4.78, 5) is 21.0. The summed E-state index contributed by atoms with van der Waals surface area (Å²) in [6.07, 6.45) is 9.12. The van der Waals surface area contributed by atoms with Crippen LogP contribution in [0.5, 0.6) is 0 Å². The smallest absolute Gasteiger partial charge is 0.242 e. The molecule has 4 rings (SSSR count). The summed E-state index contributed by atoms with van der Waals surface area (Å²) >= 11 is 0. The van der Waals surface area contributed by atoms with Gasteiger partial charge in [-0.25, -0.2) is 4.98 Å². The minimum absolute atomic E-state index is 0.0270. The summed E-state index contributed by atoms with van der Waals surface area (Å²) in [5.41, 5.74) is 1.80. The highest BCUT2D eigenvalue weighted by Gasteiger charge is 2.22. The van der Waals surface area contributed by atoms with E-state index in [4.69, 9.17) is 0 Å². The Morgan fingerprint density at radius 3 is 2.88 bits per heavy atom. The molecule has 1 aliphatic rings. The molecule has 4 heterocycles. The van der Waals surface area contributed by atoms with Crippen molar-refractivity contribution in [2.24, 2.45) is 7.05 Å². The van der Waals surface area contributed by atoms with E-state index in [1.165, 1.54) is 0 Å². The van der Waals surface area contributed by atoms with Crippen molar-refractivity contribution in [3.05, 3.63) is 36.9 Å². The molecular formula is C17H18N6O. The van der Waals surface area contributed by atoms with Gasteiger partial charge < -0.3 is 10.6 Å².